The minimum Gasteiger partial charge on any atom is -0.482 e. The number of fused-ring (bicyclic) bond motifs is 1. The number of anilines is 2. The third-order valence-electron chi connectivity index (χ3n) is 3.30. The van der Waals surface area contributed by atoms with Crippen LogP contribution in [-0.2, 0) is 11.3 Å². The molecular weight excluding hydrogens is 295 g/mol. The number of carbonyl (C=O) groups is 1. The molecule has 2 N–H and O–H groups in total. The average Bonchev–Trinajstić information content (AvgIpc) is 2.44. The number of hydrogen-bond acceptors (Lipinski definition) is 3. The van der Waals surface area contributed by atoms with Gasteiger partial charge in [-0.3, -0.25) is 4.79 Å². The van der Waals surface area contributed by atoms with Gasteiger partial charge in [0.05, 0.1) is 12.2 Å². The number of amides is 1. The second kappa shape index (κ2) is 5.26. The van der Waals surface area contributed by atoms with Crippen molar-refractivity contribution in [3.05, 3.63) is 52.8 Å². The Balaban J connectivity index is 1.98. The molecule has 1 heterocycles. The SMILES string of the molecule is Nc1cc(F)ccc1CN1C(=O)COc2ccc(Cl)cc21. The number of nitrogens with zero attached hydrogens (tertiary/aromatic N) is 1. The molecule has 0 aliphatic carbocycles. The summed E-state index contributed by atoms with van der Waals surface area (Å²) in [5.41, 5.74) is 7.35. The summed E-state index contributed by atoms with van der Waals surface area (Å²) in [4.78, 5) is 13.6. The van der Waals surface area contributed by atoms with E-state index in [0.29, 0.717) is 27.7 Å². The fourth-order valence-corrected chi connectivity index (χ4v) is 2.40. The monoisotopic (exact) mass is 306 g/mol. The summed E-state index contributed by atoms with van der Waals surface area (Å²) in [7, 11) is 0. The van der Waals surface area contributed by atoms with E-state index in [4.69, 9.17) is 22.1 Å². The van der Waals surface area contributed by atoms with Gasteiger partial charge in [-0.1, -0.05) is 17.7 Å². The third kappa shape index (κ3) is 2.64. The Morgan fingerprint density at radius 3 is 2.86 bits per heavy atom. The molecule has 2 aromatic carbocycles. The van der Waals surface area contributed by atoms with Crippen molar-refractivity contribution in [1.29, 1.82) is 0 Å². The van der Waals surface area contributed by atoms with Crippen molar-refractivity contribution in [3.63, 3.8) is 0 Å². The Bertz CT molecular complexity index is 721. The van der Waals surface area contributed by atoms with Gasteiger partial charge in [0.25, 0.3) is 5.91 Å². The lowest BCUT2D eigenvalue weighted by atomic mass is 10.1. The van der Waals surface area contributed by atoms with Crippen molar-refractivity contribution >= 4 is 28.9 Å². The molecule has 0 bridgehead atoms. The van der Waals surface area contributed by atoms with E-state index in [-0.39, 0.29) is 19.1 Å². The van der Waals surface area contributed by atoms with Gasteiger partial charge in [0.1, 0.15) is 11.6 Å². The normalized spacial score (nSPS) is 13.8. The van der Waals surface area contributed by atoms with Gasteiger partial charge in [-0.25, -0.2) is 4.39 Å². The lowest BCUT2D eigenvalue weighted by Gasteiger charge is -2.29. The van der Waals surface area contributed by atoms with Gasteiger partial charge in [-0.05, 0) is 35.9 Å². The molecular formula is C15H12ClFN2O2. The van der Waals surface area contributed by atoms with Crippen LogP contribution in [0.3, 0.4) is 0 Å². The Hall–Kier alpha value is -2.27. The standard InChI is InChI=1S/C15H12ClFN2O2/c16-10-2-4-14-13(5-10)19(15(20)8-21-14)7-9-1-3-11(17)6-12(9)18/h1-6H,7-8,18H2. The molecule has 0 unspecified atom stereocenters. The zero-order valence-electron chi connectivity index (χ0n) is 11.0. The van der Waals surface area contributed by atoms with Gasteiger partial charge >= 0.3 is 0 Å². The summed E-state index contributed by atoms with van der Waals surface area (Å²) < 4.78 is 18.5. The van der Waals surface area contributed by atoms with E-state index in [0.717, 1.165) is 0 Å². The highest BCUT2D eigenvalue weighted by atomic mass is 35.5. The Morgan fingerprint density at radius 1 is 1.29 bits per heavy atom. The van der Waals surface area contributed by atoms with Crippen molar-refractivity contribution in [3.8, 4) is 5.75 Å². The highest BCUT2D eigenvalue weighted by Crippen LogP contribution is 2.35. The van der Waals surface area contributed by atoms with Crippen LogP contribution in [0.1, 0.15) is 5.56 Å². The topological polar surface area (TPSA) is 55.6 Å². The Labute approximate surface area is 125 Å². The lowest BCUT2D eigenvalue weighted by Crippen LogP contribution is -2.38. The van der Waals surface area contributed by atoms with Gasteiger partial charge in [0, 0.05) is 10.7 Å². The molecule has 0 atom stereocenters. The number of rotatable bonds is 2. The first-order valence-electron chi connectivity index (χ1n) is 6.31. The minimum atomic E-state index is -0.409. The van der Waals surface area contributed by atoms with E-state index < -0.39 is 5.82 Å². The maximum atomic E-state index is 13.1. The summed E-state index contributed by atoms with van der Waals surface area (Å²) in [5.74, 6) is -0.0267. The minimum absolute atomic E-state index is 0.0459. The summed E-state index contributed by atoms with van der Waals surface area (Å²) in [6.45, 7) is 0.192. The van der Waals surface area contributed by atoms with Crippen molar-refractivity contribution in [2.45, 2.75) is 6.54 Å². The fraction of sp³-hybridized carbons (Fsp3) is 0.133. The zero-order chi connectivity index (χ0) is 15.0. The molecule has 108 valence electrons. The highest BCUT2D eigenvalue weighted by molar-refractivity contribution is 6.31. The van der Waals surface area contributed by atoms with Crippen LogP contribution in [0.5, 0.6) is 5.75 Å². The smallest absolute Gasteiger partial charge is 0.265 e. The van der Waals surface area contributed by atoms with E-state index in [1.807, 2.05) is 0 Å². The molecule has 0 saturated heterocycles. The van der Waals surface area contributed by atoms with Gasteiger partial charge in [-0.15, -0.1) is 0 Å². The predicted molar refractivity (Wildman–Crippen MR) is 78.9 cm³/mol. The Morgan fingerprint density at radius 2 is 2.10 bits per heavy atom. The molecule has 0 aromatic heterocycles. The highest BCUT2D eigenvalue weighted by Gasteiger charge is 2.26. The lowest BCUT2D eigenvalue weighted by molar-refractivity contribution is -0.121. The number of hydrogen-bond donors (Lipinski definition) is 1. The average molecular weight is 307 g/mol. The molecule has 1 amide bonds. The van der Waals surface area contributed by atoms with Crippen LogP contribution in [0.25, 0.3) is 0 Å². The molecule has 1 aliphatic rings. The van der Waals surface area contributed by atoms with Crippen LogP contribution in [0.4, 0.5) is 15.8 Å². The number of ether oxygens (including phenoxy) is 1. The molecule has 1 aliphatic heterocycles. The van der Waals surface area contributed by atoms with Crippen LogP contribution in [-0.4, -0.2) is 12.5 Å². The number of nitrogens with two attached hydrogens (primary N) is 1. The van der Waals surface area contributed by atoms with Crippen molar-refractivity contribution in [1.82, 2.24) is 0 Å². The second-order valence-electron chi connectivity index (χ2n) is 4.72. The van der Waals surface area contributed by atoms with E-state index in [2.05, 4.69) is 0 Å². The largest absolute Gasteiger partial charge is 0.482 e. The fourth-order valence-electron chi connectivity index (χ4n) is 2.23. The summed E-state index contributed by atoms with van der Waals surface area (Å²) in [5, 5.41) is 0.504. The molecule has 3 rings (SSSR count). The molecule has 2 aromatic rings. The molecule has 21 heavy (non-hydrogen) atoms. The van der Waals surface area contributed by atoms with Crippen molar-refractivity contribution < 1.29 is 13.9 Å². The van der Waals surface area contributed by atoms with Gasteiger partial charge in [0.2, 0.25) is 0 Å². The molecule has 0 saturated carbocycles. The Kier molecular flexibility index (Phi) is 3.43. The first-order valence-corrected chi connectivity index (χ1v) is 6.69. The second-order valence-corrected chi connectivity index (χ2v) is 5.16. The first-order chi connectivity index (χ1) is 10.0. The molecule has 0 fully saturated rings. The van der Waals surface area contributed by atoms with E-state index >= 15 is 0 Å². The van der Waals surface area contributed by atoms with Gasteiger partial charge in [0.15, 0.2) is 6.61 Å². The summed E-state index contributed by atoms with van der Waals surface area (Å²) >= 11 is 5.98. The number of carbonyl (C=O) groups excluding carboxylic acids is 1. The molecule has 6 heteroatoms. The van der Waals surface area contributed by atoms with Crippen molar-refractivity contribution in [2.75, 3.05) is 17.2 Å². The van der Waals surface area contributed by atoms with E-state index in [9.17, 15) is 9.18 Å². The first kappa shape index (κ1) is 13.7. The van der Waals surface area contributed by atoms with Gasteiger partial charge < -0.3 is 15.4 Å². The third-order valence-corrected chi connectivity index (χ3v) is 3.54. The molecule has 0 spiro atoms. The van der Waals surface area contributed by atoms with E-state index in [1.54, 1.807) is 24.3 Å². The quantitative estimate of drug-likeness (QED) is 0.868. The number of nitrogen functional groups attached to an aromatic ring is 1. The van der Waals surface area contributed by atoms with Crippen LogP contribution in [0.15, 0.2) is 36.4 Å². The van der Waals surface area contributed by atoms with Crippen LogP contribution in [0.2, 0.25) is 5.02 Å². The number of halogens is 2. The molecule has 0 radical (unpaired) electrons. The van der Waals surface area contributed by atoms with Crippen LogP contribution < -0.4 is 15.4 Å². The summed E-state index contributed by atoms with van der Waals surface area (Å²) in [6.07, 6.45) is 0. The maximum Gasteiger partial charge on any atom is 0.265 e. The van der Waals surface area contributed by atoms with Crippen molar-refractivity contribution in [2.24, 2.45) is 0 Å². The molecule has 4 nitrogen and oxygen atoms in total. The van der Waals surface area contributed by atoms with E-state index in [1.165, 1.54) is 17.0 Å². The predicted octanol–water partition coefficient (Wildman–Crippen LogP) is 2.99. The summed E-state index contributed by atoms with van der Waals surface area (Å²) in [6, 6.07) is 9.19. The van der Waals surface area contributed by atoms with Gasteiger partial charge in [-0.2, -0.15) is 0 Å². The van der Waals surface area contributed by atoms with Crippen LogP contribution >= 0.6 is 11.6 Å². The van der Waals surface area contributed by atoms with Crippen LogP contribution in [0, 0.1) is 5.82 Å². The number of benzene rings is 2. The zero-order valence-corrected chi connectivity index (χ0v) is 11.7. The maximum absolute atomic E-state index is 13.1.